The number of halogens is 1. The van der Waals surface area contributed by atoms with E-state index in [2.05, 4.69) is 17.2 Å². The maximum Gasteiger partial charge on any atom is 0.262 e. The molecule has 0 saturated carbocycles. The van der Waals surface area contributed by atoms with Crippen LogP contribution < -0.4 is 5.32 Å². The quantitative estimate of drug-likeness (QED) is 0.809. The number of benzene rings is 1. The summed E-state index contributed by atoms with van der Waals surface area (Å²) in [6.07, 6.45) is 4.40. The second kappa shape index (κ2) is 8.18. The Bertz CT molecular complexity index is 888. The van der Waals surface area contributed by atoms with E-state index in [-0.39, 0.29) is 29.8 Å². The summed E-state index contributed by atoms with van der Waals surface area (Å²) in [6.45, 7) is 3.33. The van der Waals surface area contributed by atoms with Gasteiger partial charge < -0.3 is 9.88 Å². The van der Waals surface area contributed by atoms with E-state index >= 15 is 0 Å². The standard InChI is InChI=1S/C18H23FN4O3S/c1-14-6-8-23(9-7-14)27(25,26)18-12-22(13-21-18)11-17(24)20-10-15-2-4-16(19)5-3-15/h2-5,12-14H,6-11H2,1H3,(H,20,24). The lowest BCUT2D eigenvalue weighted by atomic mass is 10.0. The number of aromatic nitrogens is 2. The fourth-order valence-electron chi connectivity index (χ4n) is 2.94. The average molecular weight is 394 g/mol. The van der Waals surface area contributed by atoms with Crippen molar-refractivity contribution in [3.8, 4) is 0 Å². The predicted octanol–water partition coefficient (Wildman–Crippen LogP) is 1.76. The third-order valence-corrected chi connectivity index (χ3v) is 6.47. The molecule has 27 heavy (non-hydrogen) atoms. The summed E-state index contributed by atoms with van der Waals surface area (Å²) < 4.78 is 41.1. The Kier molecular flexibility index (Phi) is 5.91. The highest BCUT2D eigenvalue weighted by Gasteiger charge is 2.29. The molecule has 1 aliphatic rings. The number of sulfonamides is 1. The number of rotatable bonds is 6. The molecule has 0 spiro atoms. The Labute approximate surface area is 158 Å². The molecule has 1 saturated heterocycles. The largest absolute Gasteiger partial charge is 0.350 e. The van der Waals surface area contributed by atoms with Gasteiger partial charge in [0.1, 0.15) is 12.4 Å². The Hall–Kier alpha value is -2.26. The number of nitrogens with one attached hydrogen (secondary N) is 1. The van der Waals surface area contributed by atoms with Crippen molar-refractivity contribution in [3.63, 3.8) is 0 Å². The number of hydrogen-bond donors (Lipinski definition) is 1. The van der Waals surface area contributed by atoms with Gasteiger partial charge in [0.15, 0.2) is 5.03 Å². The first kappa shape index (κ1) is 19.5. The number of imidazole rings is 1. The molecule has 2 aromatic rings. The van der Waals surface area contributed by atoms with Crippen molar-refractivity contribution in [2.24, 2.45) is 5.92 Å². The number of amides is 1. The first-order chi connectivity index (χ1) is 12.8. The van der Waals surface area contributed by atoms with Crippen molar-refractivity contribution >= 4 is 15.9 Å². The molecule has 1 N–H and O–H groups in total. The number of carbonyl (C=O) groups excluding carboxylic acids is 1. The summed E-state index contributed by atoms with van der Waals surface area (Å²) >= 11 is 0. The van der Waals surface area contributed by atoms with Crippen LogP contribution in [0.25, 0.3) is 0 Å². The molecule has 1 aliphatic heterocycles. The Balaban J connectivity index is 1.57. The van der Waals surface area contributed by atoms with Gasteiger partial charge in [-0.1, -0.05) is 19.1 Å². The molecule has 1 amide bonds. The molecular weight excluding hydrogens is 371 g/mol. The topological polar surface area (TPSA) is 84.3 Å². The maximum absolute atomic E-state index is 12.9. The van der Waals surface area contributed by atoms with Crippen LogP contribution in [0.3, 0.4) is 0 Å². The van der Waals surface area contributed by atoms with Crippen molar-refractivity contribution in [1.29, 1.82) is 0 Å². The van der Waals surface area contributed by atoms with Crippen molar-refractivity contribution in [3.05, 3.63) is 48.2 Å². The minimum atomic E-state index is -3.63. The molecule has 1 fully saturated rings. The van der Waals surface area contributed by atoms with Crippen LogP contribution >= 0.6 is 0 Å². The second-order valence-corrected chi connectivity index (χ2v) is 8.76. The van der Waals surface area contributed by atoms with Gasteiger partial charge in [0.05, 0.1) is 6.33 Å². The van der Waals surface area contributed by atoms with Gasteiger partial charge in [-0.05, 0) is 36.5 Å². The van der Waals surface area contributed by atoms with Gasteiger partial charge in [-0.3, -0.25) is 4.79 Å². The predicted molar refractivity (Wildman–Crippen MR) is 97.6 cm³/mol. The second-order valence-electron chi connectivity index (χ2n) is 6.87. The molecule has 0 unspecified atom stereocenters. The Morgan fingerprint density at radius 1 is 1.26 bits per heavy atom. The van der Waals surface area contributed by atoms with E-state index < -0.39 is 10.0 Å². The van der Waals surface area contributed by atoms with Gasteiger partial charge >= 0.3 is 0 Å². The number of piperidine rings is 1. The minimum Gasteiger partial charge on any atom is -0.350 e. The molecular formula is C18H23FN4O3S. The summed E-state index contributed by atoms with van der Waals surface area (Å²) in [5.74, 6) is -0.0910. The van der Waals surface area contributed by atoms with Gasteiger partial charge in [0.2, 0.25) is 5.91 Å². The molecule has 0 bridgehead atoms. The maximum atomic E-state index is 12.9. The first-order valence-electron chi connectivity index (χ1n) is 8.87. The van der Waals surface area contributed by atoms with E-state index in [9.17, 15) is 17.6 Å². The van der Waals surface area contributed by atoms with Crippen LogP contribution in [0.2, 0.25) is 0 Å². The van der Waals surface area contributed by atoms with E-state index in [4.69, 9.17) is 0 Å². The first-order valence-corrected chi connectivity index (χ1v) is 10.3. The molecule has 146 valence electrons. The monoisotopic (exact) mass is 394 g/mol. The lowest BCUT2D eigenvalue weighted by molar-refractivity contribution is -0.121. The van der Waals surface area contributed by atoms with E-state index in [1.165, 1.54) is 33.5 Å². The van der Waals surface area contributed by atoms with Crippen LogP contribution in [0.5, 0.6) is 0 Å². The van der Waals surface area contributed by atoms with Crippen molar-refractivity contribution < 1.29 is 17.6 Å². The van der Waals surface area contributed by atoms with Gasteiger partial charge in [0, 0.05) is 25.8 Å². The highest BCUT2D eigenvalue weighted by atomic mass is 32.2. The van der Waals surface area contributed by atoms with E-state index in [1.54, 1.807) is 12.1 Å². The summed E-state index contributed by atoms with van der Waals surface area (Å²) in [5, 5.41) is 2.67. The SMILES string of the molecule is CC1CCN(S(=O)(=O)c2cn(CC(=O)NCc3ccc(F)cc3)cn2)CC1. The molecule has 0 radical (unpaired) electrons. The Morgan fingerprint density at radius 2 is 1.93 bits per heavy atom. The Morgan fingerprint density at radius 3 is 2.59 bits per heavy atom. The smallest absolute Gasteiger partial charge is 0.262 e. The van der Waals surface area contributed by atoms with E-state index in [1.807, 2.05) is 0 Å². The van der Waals surface area contributed by atoms with Crippen molar-refractivity contribution in [2.75, 3.05) is 13.1 Å². The van der Waals surface area contributed by atoms with Gasteiger partial charge in [0.25, 0.3) is 10.0 Å². The van der Waals surface area contributed by atoms with Gasteiger partial charge in [-0.15, -0.1) is 0 Å². The third kappa shape index (κ3) is 4.92. The fraction of sp³-hybridized carbons (Fsp3) is 0.444. The molecule has 1 aromatic heterocycles. The molecule has 9 heteroatoms. The third-order valence-electron chi connectivity index (χ3n) is 4.69. The zero-order chi connectivity index (χ0) is 19.4. The van der Waals surface area contributed by atoms with Crippen LogP contribution in [-0.4, -0.2) is 41.3 Å². The normalized spacial score (nSPS) is 16.4. The lowest BCUT2D eigenvalue weighted by Gasteiger charge is -2.28. The average Bonchev–Trinajstić information content (AvgIpc) is 3.11. The van der Waals surface area contributed by atoms with Crippen LogP contribution in [0.15, 0.2) is 41.8 Å². The molecule has 1 aromatic carbocycles. The van der Waals surface area contributed by atoms with Crippen LogP contribution in [0.4, 0.5) is 4.39 Å². The summed E-state index contributed by atoms with van der Waals surface area (Å²) in [5.41, 5.74) is 0.776. The highest BCUT2D eigenvalue weighted by Crippen LogP contribution is 2.22. The summed E-state index contributed by atoms with van der Waals surface area (Å²) in [6, 6.07) is 5.85. The zero-order valence-corrected chi connectivity index (χ0v) is 16.0. The number of carbonyl (C=O) groups is 1. The van der Waals surface area contributed by atoms with Crippen LogP contribution in [0, 0.1) is 11.7 Å². The fourth-order valence-corrected chi connectivity index (χ4v) is 4.35. The molecule has 7 nitrogen and oxygen atoms in total. The highest BCUT2D eigenvalue weighted by molar-refractivity contribution is 7.89. The number of hydrogen-bond acceptors (Lipinski definition) is 4. The van der Waals surface area contributed by atoms with Crippen molar-refractivity contribution in [1.82, 2.24) is 19.2 Å². The summed E-state index contributed by atoms with van der Waals surface area (Å²) in [7, 11) is -3.63. The molecule has 0 aliphatic carbocycles. The van der Waals surface area contributed by atoms with Crippen LogP contribution in [-0.2, 0) is 27.9 Å². The summed E-state index contributed by atoms with van der Waals surface area (Å²) in [4.78, 5) is 16.0. The lowest BCUT2D eigenvalue weighted by Crippen LogP contribution is -2.38. The van der Waals surface area contributed by atoms with Gasteiger partial charge in [-0.2, -0.15) is 4.31 Å². The molecule has 3 rings (SSSR count). The zero-order valence-electron chi connectivity index (χ0n) is 15.1. The van der Waals surface area contributed by atoms with Crippen LogP contribution in [0.1, 0.15) is 25.3 Å². The molecule has 0 atom stereocenters. The minimum absolute atomic E-state index is 0.0385. The van der Waals surface area contributed by atoms with E-state index in [0.717, 1.165) is 18.4 Å². The number of nitrogens with zero attached hydrogens (tertiary/aromatic N) is 3. The van der Waals surface area contributed by atoms with Crippen molar-refractivity contribution in [2.45, 2.75) is 37.9 Å². The molecule has 2 heterocycles. The van der Waals surface area contributed by atoms with E-state index in [0.29, 0.717) is 19.0 Å². The van der Waals surface area contributed by atoms with Gasteiger partial charge in [-0.25, -0.2) is 17.8 Å².